The number of carbonyl (C=O) groups excluding carboxylic acids is 2. The fourth-order valence-electron chi connectivity index (χ4n) is 2.69. The van der Waals surface area contributed by atoms with Gasteiger partial charge in [0.25, 0.3) is 5.91 Å². The van der Waals surface area contributed by atoms with E-state index in [1.807, 2.05) is 0 Å². The summed E-state index contributed by atoms with van der Waals surface area (Å²) in [6.45, 7) is 1.90. The topological polar surface area (TPSA) is 73.5 Å². The maximum atomic E-state index is 13.6. The lowest BCUT2D eigenvalue weighted by Gasteiger charge is -2.35. The number of halogens is 5. The fraction of sp³-hybridized carbons (Fsp3) is 0.500. The second-order valence-corrected chi connectivity index (χ2v) is 5.93. The van der Waals surface area contributed by atoms with Gasteiger partial charge >= 0.3 is 6.18 Å². The monoisotopic (exact) mass is 412 g/mol. The molecule has 2 amide bonds. The number of hydrogen-bond donors (Lipinski definition) is 3. The van der Waals surface area contributed by atoms with Gasteiger partial charge in [-0.05, 0) is 18.2 Å². The lowest BCUT2D eigenvalue weighted by Crippen LogP contribution is -2.57. The molecule has 1 aromatic rings. The molecule has 1 heterocycles. The van der Waals surface area contributed by atoms with Crippen LogP contribution in [0.2, 0.25) is 0 Å². The minimum Gasteiger partial charge on any atom is -0.350 e. The summed E-state index contributed by atoms with van der Waals surface area (Å²) in [4.78, 5) is 24.5. The number of carbonyl (C=O) groups is 2. The predicted octanol–water partition coefficient (Wildman–Crippen LogP) is 1.77. The summed E-state index contributed by atoms with van der Waals surface area (Å²) >= 11 is 0. The highest BCUT2D eigenvalue weighted by atomic mass is 35.5. The van der Waals surface area contributed by atoms with Gasteiger partial charge in [0, 0.05) is 45.2 Å². The summed E-state index contributed by atoms with van der Waals surface area (Å²) in [7, 11) is 0. The van der Waals surface area contributed by atoms with Crippen LogP contribution >= 0.6 is 12.4 Å². The van der Waals surface area contributed by atoms with E-state index in [0.717, 1.165) is 18.2 Å². The molecule has 0 aromatic heterocycles. The molecule has 0 spiro atoms. The second kappa shape index (κ2) is 9.86. The van der Waals surface area contributed by atoms with Crippen molar-refractivity contribution in [2.45, 2.75) is 19.1 Å². The zero-order chi connectivity index (χ0) is 19.3. The summed E-state index contributed by atoms with van der Waals surface area (Å²) in [6.07, 6.45) is -4.49. The van der Waals surface area contributed by atoms with Crippen LogP contribution in [-0.2, 0) is 4.79 Å². The predicted molar refractivity (Wildman–Crippen MR) is 94.6 cm³/mol. The van der Waals surface area contributed by atoms with Crippen molar-refractivity contribution in [3.8, 4) is 0 Å². The molecule has 0 bridgehead atoms. The van der Waals surface area contributed by atoms with Crippen LogP contribution in [0.5, 0.6) is 0 Å². The van der Waals surface area contributed by atoms with Gasteiger partial charge in [-0.25, -0.2) is 4.39 Å². The average Bonchev–Trinajstić information content (AvgIpc) is 2.56. The first-order valence-electron chi connectivity index (χ1n) is 8.05. The number of piperazine rings is 1. The molecular weight excluding hydrogens is 392 g/mol. The molecule has 1 aromatic carbocycles. The van der Waals surface area contributed by atoms with E-state index in [1.165, 1.54) is 11.8 Å². The van der Waals surface area contributed by atoms with Gasteiger partial charge in [0.1, 0.15) is 11.9 Å². The number of alkyl halides is 3. The minimum atomic E-state index is -4.49. The van der Waals surface area contributed by atoms with Crippen molar-refractivity contribution in [3.63, 3.8) is 0 Å². The molecule has 0 saturated carbocycles. The molecule has 0 aliphatic carbocycles. The Morgan fingerprint density at radius 1 is 1.26 bits per heavy atom. The fourth-order valence-corrected chi connectivity index (χ4v) is 2.69. The Kier molecular flexibility index (Phi) is 8.45. The van der Waals surface area contributed by atoms with Crippen LogP contribution in [-0.4, -0.2) is 61.7 Å². The van der Waals surface area contributed by atoms with E-state index in [2.05, 4.69) is 16.0 Å². The lowest BCUT2D eigenvalue weighted by molar-refractivity contribution is -0.183. The van der Waals surface area contributed by atoms with Crippen molar-refractivity contribution in [2.24, 2.45) is 0 Å². The molecule has 6 nitrogen and oxygen atoms in total. The minimum absolute atomic E-state index is 0. The van der Waals surface area contributed by atoms with Gasteiger partial charge in [0.2, 0.25) is 5.91 Å². The van der Waals surface area contributed by atoms with Crippen molar-refractivity contribution in [1.82, 2.24) is 15.5 Å². The highest BCUT2D eigenvalue weighted by molar-refractivity contribution is 5.96. The van der Waals surface area contributed by atoms with Crippen LogP contribution in [0.4, 0.5) is 23.2 Å². The lowest BCUT2D eigenvalue weighted by atomic mass is 10.1. The van der Waals surface area contributed by atoms with E-state index in [0.29, 0.717) is 13.1 Å². The zero-order valence-corrected chi connectivity index (χ0v) is 15.3. The van der Waals surface area contributed by atoms with Gasteiger partial charge in [-0.2, -0.15) is 13.2 Å². The zero-order valence-electron chi connectivity index (χ0n) is 14.5. The largest absolute Gasteiger partial charge is 0.405 e. The third-order valence-corrected chi connectivity index (χ3v) is 3.97. The van der Waals surface area contributed by atoms with Crippen LogP contribution in [0, 0.1) is 5.82 Å². The van der Waals surface area contributed by atoms with E-state index in [4.69, 9.17) is 0 Å². The van der Waals surface area contributed by atoms with E-state index in [-0.39, 0.29) is 36.7 Å². The van der Waals surface area contributed by atoms with Crippen molar-refractivity contribution < 1.29 is 27.2 Å². The first-order valence-corrected chi connectivity index (χ1v) is 8.05. The number of rotatable bonds is 5. The van der Waals surface area contributed by atoms with Gasteiger partial charge in [0.05, 0.1) is 5.69 Å². The Morgan fingerprint density at radius 3 is 2.44 bits per heavy atom. The SMILES string of the molecule is CC(=O)Nc1cc(C(=O)NCC(N2CCNCC2)C(F)(F)F)ccc1F.Cl. The molecule has 1 atom stereocenters. The normalized spacial score (nSPS) is 16.2. The summed E-state index contributed by atoms with van der Waals surface area (Å²) in [6, 6.07) is 1.39. The van der Waals surface area contributed by atoms with Crippen molar-refractivity contribution in [3.05, 3.63) is 29.6 Å². The third kappa shape index (κ3) is 6.64. The van der Waals surface area contributed by atoms with Gasteiger partial charge < -0.3 is 16.0 Å². The van der Waals surface area contributed by atoms with Crippen LogP contribution in [0.3, 0.4) is 0 Å². The molecule has 11 heteroatoms. The van der Waals surface area contributed by atoms with Crippen LogP contribution < -0.4 is 16.0 Å². The molecule has 1 aliphatic rings. The Labute approximate surface area is 160 Å². The van der Waals surface area contributed by atoms with Crippen molar-refractivity contribution >= 4 is 29.9 Å². The smallest absolute Gasteiger partial charge is 0.350 e. The summed E-state index contributed by atoms with van der Waals surface area (Å²) in [5.41, 5.74) is -0.254. The Hall–Kier alpha value is -1.91. The molecule has 3 N–H and O–H groups in total. The van der Waals surface area contributed by atoms with Crippen molar-refractivity contribution in [1.29, 1.82) is 0 Å². The second-order valence-electron chi connectivity index (χ2n) is 5.93. The summed E-state index contributed by atoms with van der Waals surface area (Å²) in [5.74, 6) is -2.05. The van der Waals surface area contributed by atoms with E-state index in [1.54, 1.807) is 0 Å². The van der Waals surface area contributed by atoms with Gasteiger partial charge in [-0.3, -0.25) is 14.5 Å². The number of nitrogens with zero attached hydrogens (tertiary/aromatic N) is 1. The molecule has 1 fully saturated rings. The average molecular weight is 413 g/mol. The van der Waals surface area contributed by atoms with E-state index >= 15 is 0 Å². The molecular formula is C16H21ClF4N4O2. The first-order chi connectivity index (χ1) is 12.2. The molecule has 1 unspecified atom stereocenters. The molecule has 1 aliphatic heterocycles. The van der Waals surface area contributed by atoms with E-state index < -0.39 is 36.4 Å². The summed E-state index contributed by atoms with van der Waals surface area (Å²) < 4.78 is 53.5. The molecule has 1 saturated heterocycles. The van der Waals surface area contributed by atoms with E-state index in [9.17, 15) is 27.2 Å². The first kappa shape index (κ1) is 23.1. The highest BCUT2D eigenvalue weighted by Gasteiger charge is 2.43. The Bertz CT molecular complexity index is 666. The number of hydrogen-bond acceptors (Lipinski definition) is 4. The van der Waals surface area contributed by atoms with Gasteiger partial charge in [-0.1, -0.05) is 0 Å². The number of amides is 2. The Balaban J connectivity index is 0.00000364. The number of benzene rings is 1. The highest BCUT2D eigenvalue weighted by Crippen LogP contribution is 2.25. The van der Waals surface area contributed by atoms with Crippen LogP contribution in [0.1, 0.15) is 17.3 Å². The standard InChI is InChI=1S/C16H20F4N4O2.ClH/c1-10(25)23-13-8-11(2-3-12(13)17)15(26)22-9-14(16(18,19)20)24-6-4-21-5-7-24;/h2-3,8,14,21H,4-7,9H2,1H3,(H,22,26)(H,23,25);1H. The third-order valence-electron chi connectivity index (χ3n) is 3.97. The molecule has 0 radical (unpaired) electrons. The van der Waals surface area contributed by atoms with Crippen LogP contribution in [0.15, 0.2) is 18.2 Å². The van der Waals surface area contributed by atoms with Crippen LogP contribution in [0.25, 0.3) is 0 Å². The number of nitrogens with one attached hydrogen (secondary N) is 3. The quantitative estimate of drug-likeness (QED) is 0.644. The number of anilines is 1. The summed E-state index contributed by atoms with van der Waals surface area (Å²) in [5, 5.41) is 7.44. The molecule has 27 heavy (non-hydrogen) atoms. The molecule has 152 valence electrons. The van der Waals surface area contributed by atoms with Crippen molar-refractivity contribution in [2.75, 3.05) is 38.0 Å². The van der Waals surface area contributed by atoms with Gasteiger partial charge in [-0.15, -0.1) is 12.4 Å². The maximum Gasteiger partial charge on any atom is 0.405 e. The maximum absolute atomic E-state index is 13.6. The molecule has 2 rings (SSSR count). The van der Waals surface area contributed by atoms with Gasteiger partial charge in [0.15, 0.2) is 0 Å². The Morgan fingerprint density at radius 2 is 1.89 bits per heavy atom.